The number of hydrogen-bond donors (Lipinski definition) is 1. The normalized spacial score (nSPS) is 14.6. The molecule has 5 rings (SSSR count). The first-order chi connectivity index (χ1) is 17.9. The molecular weight excluding hydrogens is 505 g/mol. The molecule has 1 N–H and O–H groups in total. The Morgan fingerprint density at radius 1 is 1.05 bits per heavy atom. The quantitative estimate of drug-likeness (QED) is 0.375. The first kappa shape index (κ1) is 25.1. The van der Waals surface area contributed by atoms with E-state index in [1.165, 1.54) is 17.4 Å². The third kappa shape index (κ3) is 6.04. The van der Waals surface area contributed by atoms with Gasteiger partial charge in [-0.15, -0.1) is 11.3 Å². The van der Waals surface area contributed by atoms with E-state index in [0.29, 0.717) is 43.5 Å². The Balaban J connectivity index is 1.42. The number of nitrogens with one attached hydrogen (secondary N) is 1. The summed E-state index contributed by atoms with van der Waals surface area (Å²) in [6.07, 6.45) is -4.46. The number of halogens is 3. The fourth-order valence-corrected chi connectivity index (χ4v) is 4.48. The zero-order valence-electron chi connectivity index (χ0n) is 19.6. The number of rotatable bonds is 7. The Morgan fingerprint density at radius 2 is 1.84 bits per heavy atom. The highest BCUT2D eigenvalue weighted by atomic mass is 32.1. The second kappa shape index (κ2) is 10.8. The van der Waals surface area contributed by atoms with Crippen LogP contribution in [0.3, 0.4) is 0 Å². The van der Waals surface area contributed by atoms with Gasteiger partial charge < -0.3 is 10.1 Å². The van der Waals surface area contributed by atoms with Crippen molar-refractivity contribution >= 4 is 22.9 Å². The standard InChI is InChI=1S/C25H23F3N6O2S/c26-25(27,28)19-3-1-2-18(14-19)22-31-23(34(32-22)9-8-33-10-12-36-13-11-33)17-4-6-20(7-5-17)30-24(35)21-15-37-16-29-21/h1-7,14-16H,8-13H2,(H,30,35). The average molecular weight is 529 g/mol. The van der Waals surface area contributed by atoms with Crippen LogP contribution in [-0.4, -0.2) is 63.4 Å². The fourth-order valence-electron chi connectivity index (χ4n) is 3.95. The highest BCUT2D eigenvalue weighted by molar-refractivity contribution is 7.07. The first-order valence-electron chi connectivity index (χ1n) is 11.6. The van der Waals surface area contributed by atoms with Gasteiger partial charge in [-0.25, -0.2) is 14.6 Å². The minimum Gasteiger partial charge on any atom is -0.379 e. The molecule has 1 fully saturated rings. The van der Waals surface area contributed by atoms with Gasteiger partial charge in [0.05, 0.1) is 30.8 Å². The number of nitrogens with zero attached hydrogens (tertiary/aromatic N) is 5. The van der Waals surface area contributed by atoms with E-state index in [2.05, 4.69) is 25.3 Å². The molecular formula is C25H23F3N6O2S. The van der Waals surface area contributed by atoms with Crippen LogP contribution in [0.25, 0.3) is 22.8 Å². The summed E-state index contributed by atoms with van der Waals surface area (Å²) in [4.78, 5) is 23.2. The summed E-state index contributed by atoms with van der Waals surface area (Å²) in [6, 6.07) is 12.1. The molecule has 3 heterocycles. The largest absolute Gasteiger partial charge is 0.416 e. The van der Waals surface area contributed by atoms with Crippen molar-refractivity contribution in [1.29, 1.82) is 0 Å². The second-order valence-electron chi connectivity index (χ2n) is 8.42. The molecule has 0 spiro atoms. The molecule has 2 aromatic carbocycles. The Hall–Kier alpha value is -3.61. The summed E-state index contributed by atoms with van der Waals surface area (Å²) in [5.74, 6) is 0.427. The van der Waals surface area contributed by atoms with E-state index in [1.54, 1.807) is 45.9 Å². The molecule has 0 radical (unpaired) electrons. The van der Waals surface area contributed by atoms with Crippen molar-refractivity contribution in [2.45, 2.75) is 12.7 Å². The van der Waals surface area contributed by atoms with Gasteiger partial charge in [0.1, 0.15) is 5.69 Å². The van der Waals surface area contributed by atoms with Crippen LogP contribution in [0, 0.1) is 0 Å². The number of amides is 1. The molecule has 2 aromatic heterocycles. The monoisotopic (exact) mass is 528 g/mol. The molecule has 0 bridgehead atoms. The lowest BCUT2D eigenvalue weighted by atomic mass is 10.1. The predicted octanol–water partition coefficient (Wildman–Crippen LogP) is 4.67. The summed E-state index contributed by atoms with van der Waals surface area (Å²) in [6.45, 7) is 4.13. The van der Waals surface area contributed by atoms with E-state index in [0.717, 1.165) is 30.8 Å². The predicted molar refractivity (Wildman–Crippen MR) is 133 cm³/mol. The third-order valence-electron chi connectivity index (χ3n) is 5.92. The van der Waals surface area contributed by atoms with E-state index >= 15 is 0 Å². The number of carbonyl (C=O) groups is 1. The van der Waals surface area contributed by atoms with Crippen LogP contribution < -0.4 is 5.32 Å². The average Bonchev–Trinajstić information content (AvgIpc) is 3.59. The number of benzene rings is 2. The van der Waals surface area contributed by atoms with Gasteiger partial charge in [-0.3, -0.25) is 9.69 Å². The molecule has 0 saturated carbocycles. The molecule has 0 atom stereocenters. The molecule has 192 valence electrons. The molecule has 12 heteroatoms. The summed E-state index contributed by atoms with van der Waals surface area (Å²) in [7, 11) is 0. The molecule has 37 heavy (non-hydrogen) atoms. The van der Waals surface area contributed by atoms with Gasteiger partial charge in [-0.1, -0.05) is 12.1 Å². The molecule has 1 aliphatic rings. The van der Waals surface area contributed by atoms with E-state index in [1.807, 2.05) is 0 Å². The Bertz CT molecular complexity index is 1350. The van der Waals surface area contributed by atoms with Gasteiger partial charge in [-0.05, 0) is 36.4 Å². The lowest BCUT2D eigenvalue weighted by Crippen LogP contribution is -2.38. The lowest BCUT2D eigenvalue weighted by molar-refractivity contribution is -0.137. The summed E-state index contributed by atoms with van der Waals surface area (Å²) < 4.78 is 47.0. The summed E-state index contributed by atoms with van der Waals surface area (Å²) in [5, 5.41) is 9.03. The Morgan fingerprint density at radius 3 is 2.54 bits per heavy atom. The number of thiazole rings is 1. The minimum absolute atomic E-state index is 0.212. The van der Waals surface area contributed by atoms with E-state index < -0.39 is 11.7 Å². The lowest BCUT2D eigenvalue weighted by Gasteiger charge is -2.26. The molecule has 0 unspecified atom stereocenters. The van der Waals surface area contributed by atoms with Crippen molar-refractivity contribution in [2.24, 2.45) is 0 Å². The summed E-state index contributed by atoms with van der Waals surface area (Å²) in [5.41, 5.74) is 2.76. The van der Waals surface area contributed by atoms with Gasteiger partial charge in [-0.2, -0.15) is 18.3 Å². The highest BCUT2D eigenvalue weighted by Gasteiger charge is 2.31. The number of hydrogen-bond acceptors (Lipinski definition) is 7. The number of carbonyl (C=O) groups excluding carboxylic acids is 1. The van der Waals surface area contributed by atoms with Gasteiger partial charge in [0.2, 0.25) is 0 Å². The number of anilines is 1. The maximum absolute atomic E-state index is 13.3. The van der Waals surface area contributed by atoms with Crippen LogP contribution >= 0.6 is 11.3 Å². The van der Waals surface area contributed by atoms with Crippen LogP contribution in [0.4, 0.5) is 18.9 Å². The van der Waals surface area contributed by atoms with Crippen LogP contribution in [0.15, 0.2) is 59.4 Å². The van der Waals surface area contributed by atoms with E-state index in [4.69, 9.17) is 4.74 Å². The molecule has 8 nitrogen and oxygen atoms in total. The van der Waals surface area contributed by atoms with Crippen molar-refractivity contribution in [3.05, 3.63) is 70.7 Å². The minimum atomic E-state index is -4.46. The number of morpholine rings is 1. The number of aromatic nitrogens is 4. The van der Waals surface area contributed by atoms with Gasteiger partial charge in [0.25, 0.3) is 5.91 Å². The van der Waals surface area contributed by atoms with Crippen molar-refractivity contribution in [3.63, 3.8) is 0 Å². The SMILES string of the molecule is O=C(Nc1ccc(-c2nc(-c3cccc(C(F)(F)F)c3)nn2CCN2CCOCC2)cc1)c1cscn1. The maximum Gasteiger partial charge on any atom is 0.416 e. The molecule has 1 amide bonds. The van der Waals surface area contributed by atoms with Crippen LogP contribution in [0.2, 0.25) is 0 Å². The number of alkyl halides is 3. The Labute approximate surface area is 214 Å². The van der Waals surface area contributed by atoms with E-state index in [9.17, 15) is 18.0 Å². The highest BCUT2D eigenvalue weighted by Crippen LogP contribution is 2.32. The van der Waals surface area contributed by atoms with Gasteiger partial charge in [0, 0.05) is 41.8 Å². The van der Waals surface area contributed by atoms with Crippen molar-refractivity contribution < 1.29 is 22.7 Å². The summed E-state index contributed by atoms with van der Waals surface area (Å²) >= 11 is 1.33. The molecule has 1 aliphatic heterocycles. The van der Waals surface area contributed by atoms with Crippen molar-refractivity contribution in [3.8, 4) is 22.8 Å². The fraction of sp³-hybridized carbons (Fsp3) is 0.280. The molecule has 1 saturated heterocycles. The molecule has 0 aliphatic carbocycles. The van der Waals surface area contributed by atoms with Gasteiger partial charge >= 0.3 is 6.18 Å². The van der Waals surface area contributed by atoms with Crippen molar-refractivity contribution in [2.75, 3.05) is 38.2 Å². The smallest absolute Gasteiger partial charge is 0.379 e. The maximum atomic E-state index is 13.3. The van der Waals surface area contributed by atoms with Crippen LogP contribution in [0.5, 0.6) is 0 Å². The zero-order valence-corrected chi connectivity index (χ0v) is 20.4. The van der Waals surface area contributed by atoms with Gasteiger partial charge in [0.15, 0.2) is 11.6 Å². The van der Waals surface area contributed by atoms with Crippen LogP contribution in [0.1, 0.15) is 16.1 Å². The zero-order chi connectivity index (χ0) is 25.8. The second-order valence-corrected chi connectivity index (χ2v) is 9.14. The first-order valence-corrected chi connectivity index (χ1v) is 12.5. The molecule has 4 aromatic rings. The van der Waals surface area contributed by atoms with Crippen LogP contribution in [-0.2, 0) is 17.5 Å². The topological polar surface area (TPSA) is 85.2 Å². The van der Waals surface area contributed by atoms with Crippen molar-refractivity contribution in [1.82, 2.24) is 24.6 Å². The number of ether oxygens (including phenoxy) is 1. The Kier molecular flexibility index (Phi) is 7.31. The third-order valence-corrected chi connectivity index (χ3v) is 6.50. The van der Waals surface area contributed by atoms with E-state index in [-0.39, 0.29) is 17.3 Å².